The number of carbonyl (C=O) groups is 1. The number of rotatable bonds is 5. The number of benzene rings is 2. The lowest BCUT2D eigenvalue weighted by Gasteiger charge is -2.34. The number of amides is 1. The molecule has 7 heteroatoms. The van der Waals surface area contributed by atoms with E-state index in [0.717, 1.165) is 54.4 Å². The molecule has 1 aliphatic rings. The van der Waals surface area contributed by atoms with Crippen LogP contribution in [0.1, 0.15) is 24.2 Å². The third kappa shape index (κ3) is 4.92. The average Bonchev–Trinajstić information content (AvgIpc) is 3.24. The SMILES string of the molecule is CC(C)NC(=O)c1cccc(-c2cc(-c3ccc(N4CCN(C)CC4)cc3Cl)[nH]n2)c1. The highest BCUT2D eigenvalue weighted by atomic mass is 35.5. The van der Waals surface area contributed by atoms with Crippen molar-refractivity contribution in [2.75, 3.05) is 38.1 Å². The van der Waals surface area contributed by atoms with Gasteiger partial charge < -0.3 is 15.1 Å². The molecule has 0 radical (unpaired) electrons. The molecule has 0 spiro atoms. The van der Waals surface area contributed by atoms with Gasteiger partial charge in [0.05, 0.1) is 16.4 Å². The second-order valence-corrected chi connectivity index (χ2v) is 8.74. The van der Waals surface area contributed by atoms with E-state index in [9.17, 15) is 4.79 Å². The minimum absolute atomic E-state index is 0.0871. The number of hydrogen-bond donors (Lipinski definition) is 2. The van der Waals surface area contributed by atoms with Gasteiger partial charge in [-0.05, 0) is 57.3 Å². The number of hydrogen-bond acceptors (Lipinski definition) is 4. The lowest BCUT2D eigenvalue weighted by atomic mass is 10.1. The van der Waals surface area contributed by atoms with Gasteiger partial charge in [-0.25, -0.2) is 0 Å². The third-order valence-electron chi connectivity index (χ3n) is 5.53. The maximum absolute atomic E-state index is 12.3. The molecule has 0 atom stereocenters. The molecule has 1 amide bonds. The van der Waals surface area contributed by atoms with E-state index >= 15 is 0 Å². The normalized spacial score (nSPS) is 14.8. The number of anilines is 1. The van der Waals surface area contributed by atoms with Crippen molar-refractivity contribution in [3.05, 3.63) is 59.1 Å². The fourth-order valence-corrected chi connectivity index (χ4v) is 4.03. The fourth-order valence-electron chi connectivity index (χ4n) is 3.76. The molecule has 0 unspecified atom stereocenters. The Hall–Kier alpha value is -2.83. The summed E-state index contributed by atoms with van der Waals surface area (Å²) in [6, 6.07) is 15.7. The van der Waals surface area contributed by atoms with Crippen molar-refractivity contribution in [2.45, 2.75) is 19.9 Å². The van der Waals surface area contributed by atoms with E-state index in [0.29, 0.717) is 10.6 Å². The average molecular weight is 438 g/mol. The highest BCUT2D eigenvalue weighted by Crippen LogP contribution is 2.33. The summed E-state index contributed by atoms with van der Waals surface area (Å²) in [6.07, 6.45) is 0. The lowest BCUT2D eigenvalue weighted by molar-refractivity contribution is 0.0943. The Labute approximate surface area is 188 Å². The maximum atomic E-state index is 12.3. The molecule has 31 heavy (non-hydrogen) atoms. The molecule has 2 heterocycles. The van der Waals surface area contributed by atoms with Crippen molar-refractivity contribution < 1.29 is 4.79 Å². The number of aromatic nitrogens is 2. The van der Waals surface area contributed by atoms with Crippen LogP contribution in [0.25, 0.3) is 22.5 Å². The zero-order chi connectivity index (χ0) is 22.0. The molecule has 162 valence electrons. The summed E-state index contributed by atoms with van der Waals surface area (Å²) < 4.78 is 0. The van der Waals surface area contributed by atoms with Gasteiger partial charge >= 0.3 is 0 Å². The van der Waals surface area contributed by atoms with Crippen molar-refractivity contribution in [1.29, 1.82) is 0 Å². The molecule has 4 rings (SSSR count). The van der Waals surface area contributed by atoms with Crippen LogP contribution in [0.4, 0.5) is 5.69 Å². The summed E-state index contributed by atoms with van der Waals surface area (Å²) in [5.74, 6) is -0.0878. The van der Waals surface area contributed by atoms with E-state index in [1.54, 1.807) is 0 Å². The molecule has 0 aliphatic carbocycles. The molecule has 1 fully saturated rings. The van der Waals surface area contributed by atoms with Gasteiger partial charge in [0.1, 0.15) is 0 Å². The smallest absolute Gasteiger partial charge is 0.251 e. The molecule has 2 N–H and O–H groups in total. The molecule has 1 aliphatic heterocycles. The molecule has 3 aromatic rings. The van der Waals surface area contributed by atoms with Gasteiger partial charge in [0.15, 0.2) is 0 Å². The van der Waals surface area contributed by atoms with Crippen molar-refractivity contribution in [2.24, 2.45) is 0 Å². The maximum Gasteiger partial charge on any atom is 0.251 e. The summed E-state index contributed by atoms with van der Waals surface area (Å²) in [6.45, 7) is 8.00. The minimum atomic E-state index is -0.0878. The highest BCUT2D eigenvalue weighted by molar-refractivity contribution is 6.33. The van der Waals surface area contributed by atoms with Crippen molar-refractivity contribution in [1.82, 2.24) is 20.4 Å². The Balaban J connectivity index is 1.54. The van der Waals surface area contributed by atoms with Gasteiger partial charge in [0.2, 0.25) is 0 Å². The molecule has 1 saturated heterocycles. The number of nitrogens with zero attached hydrogens (tertiary/aromatic N) is 3. The molecule has 6 nitrogen and oxygen atoms in total. The molecule has 0 saturated carbocycles. The Morgan fingerprint density at radius 1 is 1.10 bits per heavy atom. The first-order chi connectivity index (χ1) is 14.9. The second-order valence-electron chi connectivity index (χ2n) is 8.33. The summed E-state index contributed by atoms with van der Waals surface area (Å²) >= 11 is 6.64. The van der Waals surface area contributed by atoms with Gasteiger partial charge in [-0.15, -0.1) is 0 Å². The van der Waals surface area contributed by atoms with E-state index in [1.807, 2.05) is 56.3 Å². The predicted octanol–water partition coefficient (Wildman–Crippen LogP) is 4.29. The van der Waals surface area contributed by atoms with E-state index in [-0.39, 0.29) is 11.9 Å². The van der Waals surface area contributed by atoms with Gasteiger partial charge in [0, 0.05) is 54.6 Å². The zero-order valence-corrected chi connectivity index (χ0v) is 18.9. The Kier molecular flexibility index (Phi) is 6.30. The van der Waals surface area contributed by atoms with Crippen LogP contribution >= 0.6 is 11.6 Å². The number of H-pyrrole nitrogens is 1. The quantitative estimate of drug-likeness (QED) is 0.625. The number of piperazine rings is 1. The zero-order valence-electron chi connectivity index (χ0n) is 18.2. The van der Waals surface area contributed by atoms with Crippen LogP contribution in [0, 0.1) is 0 Å². The Morgan fingerprint density at radius 2 is 1.87 bits per heavy atom. The van der Waals surface area contributed by atoms with Crippen LogP contribution in [-0.2, 0) is 0 Å². The summed E-state index contributed by atoms with van der Waals surface area (Å²) in [5, 5.41) is 11.2. The first-order valence-electron chi connectivity index (χ1n) is 10.6. The van der Waals surface area contributed by atoms with E-state index in [2.05, 4.69) is 38.4 Å². The van der Waals surface area contributed by atoms with E-state index < -0.39 is 0 Å². The van der Waals surface area contributed by atoms with Crippen LogP contribution in [0.3, 0.4) is 0 Å². The number of nitrogens with one attached hydrogen (secondary N) is 2. The molecular formula is C24H28ClN5O. The third-order valence-corrected chi connectivity index (χ3v) is 5.84. The first kappa shape index (κ1) is 21.4. The van der Waals surface area contributed by atoms with Crippen LogP contribution < -0.4 is 10.2 Å². The number of likely N-dealkylation sites (N-methyl/N-ethyl adjacent to an activating group) is 1. The monoisotopic (exact) mass is 437 g/mol. The topological polar surface area (TPSA) is 64.3 Å². The second kappa shape index (κ2) is 9.12. The standard InChI is InChI=1S/C24H28ClN5O/c1-16(2)26-24(31)18-6-4-5-17(13-18)22-15-23(28-27-22)20-8-7-19(14-21(20)25)30-11-9-29(3)10-12-30/h4-8,13-16H,9-12H2,1-3H3,(H,26,31)(H,27,28). The van der Waals surface area contributed by atoms with Crippen LogP contribution in [0.5, 0.6) is 0 Å². The van der Waals surface area contributed by atoms with Crippen molar-refractivity contribution in [3.63, 3.8) is 0 Å². The van der Waals surface area contributed by atoms with Crippen LogP contribution in [0.15, 0.2) is 48.5 Å². The number of carbonyl (C=O) groups excluding carboxylic acids is 1. The Bertz CT molecular complexity index is 1070. The van der Waals surface area contributed by atoms with E-state index in [1.165, 1.54) is 0 Å². The van der Waals surface area contributed by atoms with Crippen LogP contribution in [0.2, 0.25) is 5.02 Å². The van der Waals surface area contributed by atoms with Gasteiger partial charge in [-0.3, -0.25) is 9.89 Å². The number of halogens is 1. The molecular weight excluding hydrogens is 410 g/mol. The molecule has 0 bridgehead atoms. The summed E-state index contributed by atoms with van der Waals surface area (Å²) in [4.78, 5) is 17.0. The highest BCUT2D eigenvalue weighted by Gasteiger charge is 2.17. The van der Waals surface area contributed by atoms with Gasteiger partial charge in [-0.2, -0.15) is 5.10 Å². The largest absolute Gasteiger partial charge is 0.369 e. The lowest BCUT2D eigenvalue weighted by Crippen LogP contribution is -2.44. The fraction of sp³-hybridized carbons (Fsp3) is 0.333. The van der Waals surface area contributed by atoms with Gasteiger partial charge in [-0.1, -0.05) is 23.7 Å². The Morgan fingerprint density at radius 3 is 2.58 bits per heavy atom. The number of aromatic amines is 1. The van der Waals surface area contributed by atoms with E-state index in [4.69, 9.17) is 11.6 Å². The van der Waals surface area contributed by atoms with Crippen molar-refractivity contribution in [3.8, 4) is 22.5 Å². The van der Waals surface area contributed by atoms with Gasteiger partial charge in [0.25, 0.3) is 5.91 Å². The summed E-state index contributed by atoms with van der Waals surface area (Å²) in [7, 11) is 2.15. The molecule has 2 aromatic carbocycles. The molecule has 1 aromatic heterocycles. The first-order valence-corrected chi connectivity index (χ1v) is 11.0. The minimum Gasteiger partial charge on any atom is -0.369 e. The summed E-state index contributed by atoms with van der Waals surface area (Å²) in [5.41, 5.74) is 5.17. The van der Waals surface area contributed by atoms with Crippen molar-refractivity contribution >= 4 is 23.2 Å². The van der Waals surface area contributed by atoms with Crippen LogP contribution in [-0.4, -0.2) is 60.3 Å². The predicted molar refractivity (Wildman–Crippen MR) is 127 cm³/mol.